The summed E-state index contributed by atoms with van der Waals surface area (Å²) in [6.07, 6.45) is 12.9. The van der Waals surface area contributed by atoms with Crippen molar-refractivity contribution >= 4 is 5.97 Å². The zero-order valence-electron chi connectivity index (χ0n) is 18.2. The minimum atomic E-state index is -0.644. The predicted octanol–water partition coefficient (Wildman–Crippen LogP) is 7.11. The minimum absolute atomic E-state index is 0.0359. The Bertz CT molecular complexity index is 796. The van der Waals surface area contributed by atoms with Crippen molar-refractivity contribution in [2.75, 3.05) is 0 Å². The van der Waals surface area contributed by atoms with Gasteiger partial charge in [-0.25, -0.2) is 4.39 Å². The number of esters is 1. The Morgan fingerprint density at radius 2 is 1.93 bits per heavy atom. The van der Waals surface area contributed by atoms with Gasteiger partial charge in [0.2, 0.25) is 0 Å². The first-order valence-electron chi connectivity index (χ1n) is 11.6. The van der Waals surface area contributed by atoms with E-state index in [2.05, 4.69) is 13.5 Å². The van der Waals surface area contributed by atoms with Crippen molar-refractivity contribution in [2.24, 2.45) is 17.3 Å². The van der Waals surface area contributed by atoms with E-state index >= 15 is 0 Å². The molecule has 2 fully saturated rings. The van der Waals surface area contributed by atoms with Gasteiger partial charge in [0.1, 0.15) is 17.6 Å². The van der Waals surface area contributed by atoms with E-state index in [1.807, 2.05) is 0 Å². The minimum Gasteiger partial charge on any atom is -0.426 e. The largest absolute Gasteiger partial charge is 0.426 e. The van der Waals surface area contributed by atoms with Crippen LogP contribution in [0, 0.1) is 34.4 Å². The molecule has 0 N–H and O–H groups in total. The maximum atomic E-state index is 14.0. The summed E-state index contributed by atoms with van der Waals surface area (Å²) in [4.78, 5) is 13.4. The van der Waals surface area contributed by atoms with Crippen LogP contribution in [0.1, 0.15) is 89.5 Å². The highest BCUT2D eigenvalue weighted by atomic mass is 19.1. The van der Waals surface area contributed by atoms with E-state index in [4.69, 9.17) is 10.00 Å². The fraction of sp³-hybridized carbons (Fsp3) is 0.615. The standard InChI is InChI=1S/C26H34FNO2/c1-3-19(2)7-8-20-9-12-22(13-10-20)26(15-5-4-6-16-26)25(29)30-23-14-11-21(18-28)24(27)17-23/h11,14,17,20,22H,2-10,12-13,15-16H2,1H3. The number of allylic oxidation sites excluding steroid dienone is 1. The van der Waals surface area contributed by atoms with Crippen molar-refractivity contribution in [1.82, 2.24) is 0 Å². The second-order valence-corrected chi connectivity index (χ2v) is 9.22. The molecule has 1 aromatic carbocycles. The molecule has 1 aromatic rings. The van der Waals surface area contributed by atoms with Crippen LogP contribution in [0.5, 0.6) is 5.75 Å². The lowest BCUT2D eigenvalue weighted by Crippen LogP contribution is -2.44. The van der Waals surface area contributed by atoms with Crippen LogP contribution in [-0.4, -0.2) is 5.97 Å². The summed E-state index contributed by atoms with van der Waals surface area (Å²) >= 11 is 0. The Morgan fingerprint density at radius 3 is 2.53 bits per heavy atom. The van der Waals surface area contributed by atoms with Gasteiger partial charge >= 0.3 is 5.97 Å². The second-order valence-electron chi connectivity index (χ2n) is 9.22. The molecule has 0 radical (unpaired) electrons. The highest BCUT2D eigenvalue weighted by Crippen LogP contribution is 2.50. The van der Waals surface area contributed by atoms with Crippen LogP contribution in [-0.2, 0) is 4.79 Å². The molecule has 0 aliphatic heterocycles. The van der Waals surface area contributed by atoms with Crippen molar-refractivity contribution in [3.63, 3.8) is 0 Å². The number of nitriles is 1. The molecule has 0 bridgehead atoms. The summed E-state index contributed by atoms with van der Waals surface area (Å²) in [6, 6.07) is 5.86. The molecule has 0 atom stereocenters. The lowest BCUT2D eigenvalue weighted by molar-refractivity contribution is -0.153. The fourth-order valence-corrected chi connectivity index (χ4v) is 5.41. The topological polar surface area (TPSA) is 50.1 Å². The number of nitrogens with zero attached hydrogens (tertiary/aromatic N) is 1. The van der Waals surface area contributed by atoms with Crippen LogP contribution in [0.25, 0.3) is 0 Å². The third-order valence-corrected chi connectivity index (χ3v) is 7.46. The number of halogens is 1. The maximum absolute atomic E-state index is 14.0. The Hall–Kier alpha value is -2.15. The first-order chi connectivity index (χ1) is 14.5. The Labute approximate surface area is 180 Å². The number of carbonyl (C=O) groups excluding carboxylic acids is 1. The van der Waals surface area contributed by atoms with Crippen molar-refractivity contribution in [3.8, 4) is 11.8 Å². The van der Waals surface area contributed by atoms with Crippen molar-refractivity contribution < 1.29 is 13.9 Å². The van der Waals surface area contributed by atoms with Crippen molar-refractivity contribution in [3.05, 3.63) is 41.7 Å². The number of benzene rings is 1. The zero-order valence-corrected chi connectivity index (χ0v) is 18.2. The molecule has 2 aliphatic rings. The lowest BCUT2D eigenvalue weighted by Gasteiger charge is -2.44. The third-order valence-electron chi connectivity index (χ3n) is 7.46. The number of hydrogen-bond donors (Lipinski definition) is 0. The van der Waals surface area contributed by atoms with E-state index < -0.39 is 11.2 Å². The van der Waals surface area contributed by atoms with E-state index in [0.29, 0.717) is 5.92 Å². The summed E-state index contributed by atoms with van der Waals surface area (Å²) in [7, 11) is 0. The highest BCUT2D eigenvalue weighted by Gasteiger charge is 2.48. The molecule has 30 heavy (non-hydrogen) atoms. The zero-order chi connectivity index (χ0) is 21.6. The van der Waals surface area contributed by atoms with Gasteiger partial charge in [-0.15, -0.1) is 0 Å². The molecule has 2 saturated carbocycles. The highest BCUT2D eigenvalue weighted by molar-refractivity contribution is 5.79. The molecule has 0 heterocycles. The fourth-order valence-electron chi connectivity index (χ4n) is 5.41. The predicted molar refractivity (Wildman–Crippen MR) is 116 cm³/mol. The van der Waals surface area contributed by atoms with Crippen LogP contribution in [0.2, 0.25) is 0 Å². The smallest absolute Gasteiger partial charge is 0.317 e. The third kappa shape index (κ3) is 5.12. The van der Waals surface area contributed by atoms with E-state index in [0.717, 1.165) is 69.8 Å². The van der Waals surface area contributed by atoms with Gasteiger partial charge in [-0.1, -0.05) is 51.2 Å². The van der Waals surface area contributed by atoms with Gasteiger partial charge in [0.05, 0.1) is 11.0 Å². The molecule has 0 saturated heterocycles. The molecular formula is C26H34FNO2. The number of ether oxygens (including phenoxy) is 1. The second kappa shape index (κ2) is 10.2. The molecule has 0 aromatic heterocycles. The summed E-state index contributed by atoms with van der Waals surface area (Å²) in [5.74, 6) is 0.435. The Kier molecular flexibility index (Phi) is 7.69. The van der Waals surface area contributed by atoms with E-state index in [1.54, 1.807) is 6.07 Å². The van der Waals surface area contributed by atoms with Gasteiger partial charge in [0, 0.05) is 6.07 Å². The van der Waals surface area contributed by atoms with Crippen LogP contribution in [0.15, 0.2) is 30.4 Å². The van der Waals surface area contributed by atoms with Crippen LogP contribution >= 0.6 is 0 Å². The normalized spacial score (nSPS) is 23.4. The summed E-state index contributed by atoms with van der Waals surface area (Å²) in [5, 5.41) is 8.91. The molecule has 0 unspecified atom stereocenters. The molecule has 3 rings (SSSR count). The van der Waals surface area contributed by atoms with Crippen molar-refractivity contribution in [2.45, 2.75) is 84.0 Å². The number of carbonyl (C=O) groups is 1. The monoisotopic (exact) mass is 411 g/mol. The van der Waals surface area contributed by atoms with Gasteiger partial charge in [0.25, 0.3) is 0 Å². The van der Waals surface area contributed by atoms with E-state index in [9.17, 15) is 9.18 Å². The van der Waals surface area contributed by atoms with Gasteiger partial charge in [-0.2, -0.15) is 5.26 Å². The molecule has 0 amide bonds. The van der Waals surface area contributed by atoms with Crippen LogP contribution < -0.4 is 4.74 Å². The average Bonchev–Trinajstić information content (AvgIpc) is 2.78. The molecule has 4 heteroatoms. The average molecular weight is 412 g/mol. The SMILES string of the molecule is C=C(CC)CCC1CCC(C2(C(=O)Oc3ccc(C#N)c(F)c3)CCCCC2)CC1. The summed E-state index contributed by atoms with van der Waals surface area (Å²) < 4.78 is 19.7. The molecule has 2 aliphatic carbocycles. The first-order valence-corrected chi connectivity index (χ1v) is 11.6. The van der Waals surface area contributed by atoms with Gasteiger partial charge in [-0.05, 0) is 68.9 Å². The molecule has 0 spiro atoms. The molecular weight excluding hydrogens is 377 g/mol. The van der Waals surface area contributed by atoms with E-state index in [-0.39, 0.29) is 17.3 Å². The van der Waals surface area contributed by atoms with Gasteiger partial charge < -0.3 is 4.74 Å². The Balaban J connectivity index is 1.67. The van der Waals surface area contributed by atoms with Crippen LogP contribution in [0.3, 0.4) is 0 Å². The quantitative estimate of drug-likeness (QED) is 0.273. The summed E-state index contributed by atoms with van der Waals surface area (Å²) in [6.45, 7) is 6.30. The van der Waals surface area contributed by atoms with Crippen LogP contribution in [0.4, 0.5) is 4.39 Å². The molecule has 162 valence electrons. The lowest BCUT2D eigenvalue weighted by atomic mass is 9.60. The van der Waals surface area contributed by atoms with Gasteiger partial charge in [-0.3, -0.25) is 4.79 Å². The van der Waals surface area contributed by atoms with E-state index in [1.165, 1.54) is 37.0 Å². The van der Waals surface area contributed by atoms with Gasteiger partial charge in [0.15, 0.2) is 0 Å². The summed E-state index contributed by atoms with van der Waals surface area (Å²) in [5.41, 5.74) is 0.853. The maximum Gasteiger partial charge on any atom is 0.317 e. The molecule has 3 nitrogen and oxygen atoms in total. The van der Waals surface area contributed by atoms with Crippen molar-refractivity contribution in [1.29, 1.82) is 5.26 Å². The first kappa shape index (κ1) is 22.5. The Morgan fingerprint density at radius 1 is 1.23 bits per heavy atom. The number of hydrogen-bond acceptors (Lipinski definition) is 3. The number of rotatable bonds is 7.